The maximum atomic E-state index is 11.8. The van der Waals surface area contributed by atoms with E-state index in [1.165, 1.54) is 0 Å². The molecule has 1 unspecified atom stereocenters. The van der Waals surface area contributed by atoms with Crippen LogP contribution in [-0.2, 0) is 16.1 Å². The first-order chi connectivity index (χ1) is 10.2. The van der Waals surface area contributed by atoms with Crippen LogP contribution < -0.4 is 5.73 Å². The number of rotatable bonds is 4. The minimum atomic E-state index is -0.453. The molecule has 1 aliphatic heterocycles. The molecule has 0 aromatic heterocycles. The van der Waals surface area contributed by atoms with Crippen molar-refractivity contribution in [3.8, 4) is 0 Å². The summed E-state index contributed by atoms with van der Waals surface area (Å²) in [6.45, 7) is 9.29. The van der Waals surface area contributed by atoms with Crippen LogP contribution in [0.15, 0.2) is 24.3 Å². The molecule has 1 saturated heterocycles. The van der Waals surface area contributed by atoms with E-state index in [1.54, 1.807) is 4.90 Å². The monoisotopic (exact) mass is 306 g/mol. The Morgan fingerprint density at radius 1 is 1.32 bits per heavy atom. The Balaban J connectivity index is 1.71. The quantitative estimate of drug-likeness (QED) is 0.929. The van der Waals surface area contributed by atoms with E-state index in [-0.39, 0.29) is 18.2 Å². The fraction of sp³-hybridized carbons (Fsp3) is 0.588. The van der Waals surface area contributed by atoms with E-state index in [1.807, 2.05) is 52.0 Å². The zero-order valence-corrected chi connectivity index (χ0v) is 13.8. The number of benzene rings is 1. The topological polar surface area (TPSA) is 64.8 Å². The number of ether oxygens (including phenoxy) is 2. The van der Waals surface area contributed by atoms with E-state index in [0.717, 1.165) is 11.1 Å². The van der Waals surface area contributed by atoms with Crippen LogP contribution in [-0.4, -0.2) is 35.8 Å². The van der Waals surface area contributed by atoms with Crippen molar-refractivity contribution >= 4 is 6.09 Å². The molecule has 0 aliphatic carbocycles. The molecule has 5 heteroatoms. The molecule has 1 aromatic rings. The lowest BCUT2D eigenvalue weighted by atomic mass is 10.1. The number of carbonyl (C=O) groups excluding carboxylic acids is 1. The van der Waals surface area contributed by atoms with Crippen LogP contribution in [0.3, 0.4) is 0 Å². The van der Waals surface area contributed by atoms with Crippen molar-refractivity contribution in [3.05, 3.63) is 35.4 Å². The highest BCUT2D eigenvalue weighted by molar-refractivity contribution is 5.69. The number of likely N-dealkylation sites (tertiary alicyclic amines) is 1. The third kappa shape index (κ3) is 4.71. The summed E-state index contributed by atoms with van der Waals surface area (Å²) >= 11 is 0. The Morgan fingerprint density at radius 2 is 1.91 bits per heavy atom. The second kappa shape index (κ2) is 6.67. The Bertz CT molecular complexity index is 500. The Labute approximate surface area is 132 Å². The fourth-order valence-corrected chi connectivity index (χ4v) is 2.15. The minimum absolute atomic E-state index is 0.0454. The maximum absolute atomic E-state index is 11.8. The first-order valence-electron chi connectivity index (χ1n) is 7.68. The molecular weight excluding hydrogens is 280 g/mol. The summed E-state index contributed by atoms with van der Waals surface area (Å²) in [5, 5.41) is 0. The fourth-order valence-electron chi connectivity index (χ4n) is 2.15. The molecule has 2 rings (SSSR count). The molecule has 1 heterocycles. The van der Waals surface area contributed by atoms with Gasteiger partial charge in [0.25, 0.3) is 0 Å². The summed E-state index contributed by atoms with van der Waals surface area (Å²) in [6.07, 6.45) is -0.186. The van der Waals surface area contributed by atoms with Gasteiger partial charge in [-0.15, -0.1) is 0 Å². The van der Waals surface area contributed by atoms with Gasteiger partial charge < -0.3 is 20.1 Å². The number of nitrogens with zero attached hydrogens (tertiary/aromatic N) is 1. The van der Waals surface area contributed by atoms with E-state index in [2.05, 4.69) is 0 Å². The summed E-state index contributed by atoms with van der Waals surface area (Å²) in [7, 11) is 0. The van der Waals surface area contributed by atoms with Gasteiger partial charge in [-0.1, -0.05) is 24.3 Å². The summed E-state index contributed by atoms with van der Waals surface area (Å²) in [5.74, 6) is 0. The van der Waals surface area contributed by atoms with Crippen LogP contribution in [0.5, 0.6) is 0 Å². The van der Waals surface area contributed by atoms with Gasteiger partial charge in [-0.25, -0.2) is 4.79 Å². The molecule has 1 amide bonds. The van der Waals surface area contributed by atoms with Crippen molar-refractivity contribution in [2.45, 2.75) is 52.0 Å². The van der Waals surface area contributed by atoms with E-state index in [0.29, 0.717) is 19.7 Å². The highest BCUT2D eigenvalue weighted by Crippen LogP contribution is 2.19. The lowest BCUT2D eigenvalue weighted by molar-refractivity contribution is -0.0691. The molecule has 0 spiro atoms. The largest absolute Gasteiger partial charge is 0.444 e. The standard InChI is InChI=1S/C17H26N2O3/c1-12(18)14-7-5-13(6-8-14)11-21-15-9-19(10-15)16(20)22-17(2,3)4/h5-8,12,15H,9-11,18H2,1-4H3. The minimum Gasteiger partial charge on any atom is -0.444 e. The first kappa shape index (κ1) is 16.8. The van der Waals surface area contributed by atoms with Crippen molar-refractivity contribution in [1.29, 1.82) is 0 Å². The predicted molar refractivity (Wildman–Crippen MR) is 85.4 cm³/mol. The average Bonchev–Trinajstić information content (AvgIpc) is 2.35. The summed E-state index contributed by atoms with van der Waals surface area (Å²) in [4.78, 5) is 13.5. The van der Waals surface area contributed by atoms with Crippen molar-refractivity contribution < 1.29 is 14.3 Å². The Hall–Kier alpha value is -1.59. The van der Waals surface area contributed by atoms with Gasteiger partial charge >= 0.3 is 6.09 Å². The second-order valence-corrected chi connectivity index (χ2v) is 6.85. The summed E-state index contributed by atoms with van der Waals surface area (Å²) in [5.41, 5.74) is 7.60. The van der Waals surface area contributed by atoms with Crippen LogP contribution >= 0.6 is 0 Å². The van der Waals surface area contributed by atoms with Gasteiger partial charge in [-0.05, 0) is 38.8 Å². The maximum Gasteiger partial charge on any atom is 0.410 e. The van der Waals surface area contributed by atoms with Crippen LogP contribution in [0.2, 0.25) is 0 Å². The van der Waals surface area contributed by atoms with E-state index < -0.39 is 5.60 Å². The smallest absolute Gasteiger partial charge is 0.410 e. The van der Waals surface area contributed by atoms with E-state index in [9.17, 15) is 4.79 Å². The number of carbonyl (C=O) groups is 1. The molecule has 22 heavy (non-hydrogen) atoms. The Morgan fingerprint density at radius 3 is 2.41 bits per heavy atom. The van der Waals surface area contributed by atoms with Crippen LogP contribution in [0, 0.1) is 0 Å². The van der Waals surface area contributed by atoms with E-state index >= 15 is 0 Å². The van der Waals surface area contributed by atoms with Gasteiger partial charge in [0.2, 0.25) is 0 Å². The van der Waals surface area contributed by atoms with Gasteiger partial charge in [-0.2, -0.15) is 0 Å². The molecule has 5 nitrogen and oxygen atoms in total. The van der Waals surface area contributed by atoms with Gasteiger partial charge in [0.05, 0.1) is 25.8 Å². The molecule has 2 N–H and O–H groups in total. The zero-order valence-electron chi connectivity index (χ0n) is 13.8. The molecule has 0 bridgehead atoms. The third-order valence-corrected chi connectivity index (χ3v) is 3.49. The third-order valence-electron chi connectivity index (χ3n) is 3.49. The molecule has 0 saturated carbocycles. The zero-order chi connectivity index (χ0) is 16.3. The molecule has 1 aliphatic rings. The van der Waals surface area contributed by atoms with Crippen molar-refractivity contribution in [1.82, 2.24) is 4.90 Å². The summed E-state index contributed by atoms with van der Waals surface area (Å²) in [6, 6.07) is 8.16. The average molecular weight is 306 g/mol. The highest BCUT2D eigenvalue weighted by Gasteiger charge is 2.34. The number of hydrogen-bond acceptors (Lipinski definition) is 4. The molecular formula is C17H26N2O3. The van der Waals surface area contributed by atoms with Crippen LogP contribution in [0.25, 0.3) is 0 Å². The van der Waals surface area contributed by atoms with Crippen LogP contribution in [0.4, 0.5) is 4.79 Å². The summed E-state index contributed by atoms with van der Waals surface area (Å²) < 4.78 is 11.1. The SMILES string of the molecule is CC(N)c1ccc(COC2CN(C(=O)OC(C)(C)C)C2)cc1. The molecule has 0 radical (unpaired) electrons. The van der Waals surface area contributed by atoms with Gasteiger partial charge in [-0.3, -0.25) is 0 Å². The molecule has 1 aromatic carbocycles. The molecule has 122 valence electrons. The lowest BCUT2D eigenvalue weighted by Gasteiger charge is -2.39. The van der Waals surface area contributed by atoms with E-state index in [4.69, 9.17) is 15.2 Å². The second-order valence-electron chi connectivity index (χ2n) is 6.85. The molecule has 1 atom stereocenters. The number of amides is 1. The predicted octanol–water partition coefficient (Wildman–Crippen LogP) is 2.84. The van der Waals surface area contributed by atoms with Gasteiger partial charge in [0.1, 0.15) is 5.60 Å². The molecule has 1 fully saturated rings. The van der Waals surface area contributed by atoms with Crippen LogP contribution in [0.1, 0.15) is 44.9 Å². The van der Waals surface area contributed by atoms with Crippen molar-refractivity contribution in [2.24, 2.45) is 5.73 Å². The number of nitrogens with two attached hydrogens (primary N) is 1. The lowest BCUT2D eigenvalue weighted by Crippen LogP contribution is -2.55. The highest BCUT2D eigenvalue weighted by atomic mass is 16.6. The normalized spacial score (nSPS) is 17.0. The van der Waals surface area contributed by atoms with Gasteiger partial charge in [0.15, 0.2) is 0 Å². The van der Waals surface area contributed by atoms with Crippen molar-refractivity contribution in [3.63, 3.8) is 0 Å². The first-order valence-corrected chi connectivity index (χ1v) is 7.68. The van der Waals surface area contributed by atoms with Crippen molar-refractivity contribution in [2.75, 3.05) is 13.1 Å². The number of hydrogen-bond donors (Lipinski definition) is 1. The Kier molecular flexibility index (Phi) is 5.08. The van der Waals surface area contributed by atoms with Gasteiger partial charge in [0, 0.05) is 6.04 Å².